The van der Waals surface area contributed by atoms with Gasteiger partial charge in [-0.1, -0.05) is 0 Å². The van der Waals surface area contributed by atoms with Crippen molar-refractivity contribution in [3.05, 3.63) is 11.1 Å². The van der Waals surface area contributed by atoms with E-state index in [0.29, 0.717) is 6.04 Å². The van der Waals surface area contributed by atoms with Crippen LogP contribution in [0.4, 0.5) is 5.13 Å². The molecule has 1 fully saturated rings. The maximum Gasteiger partial charge on any atom is 0.182 e. The van der Waals surface area contributed by atoms with Crippen molar-refractivity contribution in [2.24, 2.45) is 11.7 Å². The molecular formula is C9H15N3S. The minimum absolute atomic E-state index is 0.309. The van der Waals surface area contributed by atoms with Gasteiger partial charge in [-0.3, -0.25) is 0 Å². The first-order chi connectivity index (χ1) is 6.25. The topological polar surface area (TPSA) is 50.9 Å². The third-order valence-corrected chi connectivity index (χ3v) is 3.25. The highest BCUT2D eigenvalue weighted by Gasteiger charge is 2.28. The molecule has 0 aromatic carbocycles. The number of thiazole rings is 1. The minimum atomic E-state index is 0.309. The SMILES string of the molecule is Cc1csc(NCC(N)C2CC2)n1. The average Bonchev–Trinajstić information content (AvgIpc) is 2.87. The summed E-state index contributed by atoms with van der Waals surface area (Å²) in [5.41, 5.74) is 7.02. The number of hydrogen-bond acceptors (Lipinski definition) is 4. The maximum absolute atomic E-state index is 5.95. The Morgan fingerprint density at radius 1 is 1.77 bits per heavy atom. The lowest BCUT2D eigenvalue weighted by atomic mass is 10.2. The third kappa shape index (κ3) is 2.42. The van der Waals surface area contributed by atoms with Crippen LogP contribution in [-0.2, 0) is 0 Å². The standard InChI is InChI=1S/C9H15N3S/c1-6-5-13-9(12-6)11-4-8(10)7-2-3-7/h5,7-8H,2-4,10H2,1H3,(H,11,12). The molecule has 2 rings (SSSR count). The molecule has 72 valence electrons. The molecule has 1 unspecified atom stereocenters. The maximum atomic E-state index is 5.95. The minimum Gasteiger partial charge on any atom is -0.360 e. The van der Waals surface area contributed by atoms with Crippen LogP contribution in [0, 0.1) is 12.8 Å². The number of hydrogen-bond donors (Lipinski definition) is 2. The molecule has 0 radical (unpaired) electrons. The zero-order valence-corrected chi connectivity index (χ0v) is 8.60. The lowest BCUT2D eigenvalue weighted by Crippen LogP contribution is -2.30. The summed E-state index contributed by atoms with van der Waals surface area (Å²) in [6.07, 6.45) is 2.61. The second kappa shape index (κ2) is 3.64. The van der Waals surface area contributed by atoms with Crippen LogP contribution in [0.25, 0.3) is 0 Å². The Labute approximate surface area is 82.4 Å². The summed E-state index contributed by atoms with van der Waals surface area (Å²) in [7, 11) is 0. The van der Waals surface area contributed by atoms with Crippen LogP contribution in [0.5, 0.6) is 0 Å². The Kier molecular flexibility index (Phi) is 2.51. The molecular weight excluding hydrogens is 182 g/mol. The molecule has 1 atom stereocenters. The molecule has 0 aliphatic heterocycles. The Bertz CT molecular complexity index is 280. The molecule has 3 nitrogen and oxygen atoms in total. The van der Waals surface area contributed by atoms with E-state index < -0.39 is 0 Å². The van der Waals surface area contributed by atoms with E-state index in [0.717, 1.165) is 23.3 Å². The molecule has 3 N–H and O–H groups in total. The van der Waals surface area contributed by atoms with Crippen LogP contribution < -0.4 is 11.1 Å². The van der Waals surface area contributed by atoms with Crippen molar-refractivity contribution in [1.29, 1.82) is 0 Å². The summed E-state index contributed by atoms with van der Waals surface area (Å²) in [5, 5.41) is 6.31. The van der Waals surface area contributed by atoms with Crippen LogP contribution in [0.2, 0.25) is 0 Å². The van der Waals surface area contributed by atoms with Gasteiger partial charge >= 0.3 is 0 Å². The normalized spacial score (nSPS) is 18.6. The lowest BCUT2D eigenvalue weighted by Gasteiger charge is -2.09. The van der Waals surface area contributed by atoms with Gasteiger partial charge in [0.1, 0.15) is 0 Å². The number of aryl methyl sites for hydroxylation is 1. The summed E-state index contributed by atoms with van der Waals surface area (Å²) < 4.78 is 0. The van der Waals surface area contributed by atoms with E-state index in [1.807, 2.05) is 12.3 Å². The molecule has 1 aromatic heterocycles. The Morgan fingerprint density at radius 3 is 3.08 bits per heavy atom. The monoisotopic (exact) mass is 197 g/mol. The molecule has 0 amide bonds. The molecule has 13 heavy (non-hydrogen) atoms. The highest BCUT2D eigenvalue weighted by atomic mass is 32.1. The number of nitrogens with zero attached hydrogens (tertiary/aromatic N) is 1. The predicted molar refractivity (Wildman–Crippen MR) is 56.0 cm³/mol. The van der Waals surface area contributed by atoms with Gasteiger partial charge in [0.15, 0.2) is 5.13 Å². The lowest BCUT2D eigenvalue weighted by molar-refractivity contribution is 0.620. The van der Waals surface area contributed by atoms with Gasteiger partial charge < -0.3 is 11.1 Å². The number of rotatable bonds is 4. The predicted octanol–water partition coefficient (Wildman–Crippen LogP) is 1.60. The number of anilines is 1. The van der Waals surface area contributed by atoms with Gasteiger partial charge in [0.2, 0.25) is 0 Å². The molecule has 0 bridgehead atoms. The van der Waals surface area contributed by atoms with Crippen LogP contribution >= 0.6 is 11.3 Å². The van der Waals surface area contributed by atoms with E-state index >= 15 is 0 Å². The summed E-state index contributed by atoms with van der Waals surface area (Å²) in [6, 6.07) is 0.309. The van der Waals surface area contributed by atoms with E-state index in [9.17, 15) is 0 Å². The van der Waals surface area contributed by atoms with E-state index in [-0.39, 0.29) is 0 Å². The van der Waals surface area contributed by atoms with Gasteiger partial charge in [-0.25, -0.2) is 4.98 Å². The first-order valence-electron chi connectivity index (χ1n) is 4.67. The molecule has 1 aliphatic carbocycles. The van der Waals surface area contributed by atoms with Crippen LogP contribution in [-0.4, -0.2) is 17.6 Å². The molecule has 1 heterocycles. The van der Waals surface area contributed by atoms with Crippen LogP contribution in [0.15, 0.2) is 5.38 Å². The van der Waals surface area contributed by atoms with Crippen molar-refractivity contribution < 1.29 is 0 Å². The van der Waals surface area contributed by atoms with Gasteiger partial charge in [0.25, 0.3) is 0 Å². The number of nitrogens with one attached hydrogen (secondary N) is 1. The van der Waals surface area contributed by atoms with Gasteiger partial charge in [-0.05, 0) is 25.7 Å². The van der Waals surface area contributed by atoms with Crippen molar-refractivity contribution in [3.63, 3.8) is 0 Å². The second-order valence-corrected chi connectivity index (χ2v) is 4.53. The fraction of sp³-hybridized carbons (Fsp3) is 0.667. The van der Waals surface area contributed by atoms with Crippen LogP contribution in [0.3, 0.4) is 0 Å². The summed E-state index contributed by atoms with van der Waals surface area (Å²) in [6.45, 7) is 2.86. The highest BCUT2D eigenvalue weighted by molar-refractivity contribution is 7.13. The van der Waals surface area contributed by atoms with Gasteiger partial charge in [0, 0.05) is 18.0 Å². The summed E-state index contributed by atoms with van der Waals surface area (Å²) in [4.78, 5) is 4.31. The van der Waals surface area contributed by atoms with E-state index in [1.165, 1.54) is 12.8 Å². The fourth-order valence-electron chi connectivity index (χ4n) is 1.33. The third-order valence-electron chi connectivity index (χ3n) is 2.34. The molecule has 1 aliphatic rings. The average molecular weight is 197 g/mol. The Balaban J connectivity index is 1.78. The van der Waals surface area contributed by atoms with Crippen molar-refractivity contribution >= 4 is 16.5 Å². The zero-order chi connectivity index (χ0) is 9.26. The van der Waals surface area contributed by atoms with Crippen molar-refractivity contribution in [2.45, 2.75) is 25.8 Å². The summed E-state index contributed by atoms with van der Waals surface area (Å²) >= 11 is 1.65. The molecule has 1 saturated carbocycles. The first kappa shape index (κ1) is 8.97. The van der Waals surface area contributed by atoms with Gasteiger partial charge in [-0.2, -0.15) is 0 Å². The van der Waals surface area contributed by atoms with E-state index in [1.54, 1.807) is 11.3 Å². The largest absolute Gasteiger partial charge is 0.360 e. The number of nitrogens with two attached hydrogens (primary N) is 1. The highest BCUT2D eigenvalue weighted by Crippen LogP contribution is 2.31. The fourth-order valence-corrected chi connectivity index (χ4v) is 2.03. The summed E-state index contributed by atoms with van der Waals surface area (Å²) in [5.74, 6) is 0.758. The second-order valence-electron chi connectivity index (χ2n) is 3.68. The smallest absolute Gasteiger partial charge is 0.182 e. The first-order valence-corrected chi connectivity index (χ1v) is 5.55. The number of aromatic nitrogens is 1. The van der Waals surface area contributed by atoms with Crippen LogP contribution in [0.1, 0.15) is 18.5 Å². The molecule has 0 spiro atoms. The Hall–Kier alpha value is -0.610. The quantitative estimate of drug-likeness (QED) is 0.771. The van der Waals surface area contributed by atoms with Gasteiger partial charge in [0.05, 0.1) is 5.69 Å². The molecule has 1 aromatic rings. The Morgan fingerprint density at radius 2 is 2.54 bits per heavy atom. The van der Waals surface area contributed by atoms with Crippen molar-refractivity contribution in [3.8, 4) is 0 Å². The van der Waals surface area contributed by atoms with Gasteiger partial charge in [-0.15, -0.1) is 11.3 Å². The zero-order valence-electron chi connectivity index (χ0n) is 7.79. The molecule has 4 heteroatoms. The van der Waals surface area contributed by atoms with E-state index in [2.05, 4.69) is 10.3 Å². The van der Waals surface area contributed by atoms with E-state index in [4.69, 9.17) is 5.73 Å². The molecule has 0 saturated heterocycles. The van der Waals surface area contributed by atoms with Crippen molar-refractivity contribution in [2.75, 3.05) is 11.9 Å². The van der Waals surface area contributed by atoms with Crippen molar-refractivity contribution in [1.82, 2.24) is 4.98 Å².